The third-order valence-corrected chi connectivity index (χ3v) is 2.30. The molecular formula is C10H20O3. The molecule has 0 amide bonds. The summed E-state index contributed by atoms with van der Waals surface area (Å²) < 4.78 is 10.5. The van der Waals surface area contributed by atoms with Crippen molar-refractivity contribution in [3.05, 3.63) is 0 Å². The lowest BCUT2D eigenvalue weighted by Crippen LogP contribution is -2.38. The summed E-state index contributed by atoms with van der Waals surface area (Å²) in [5.74, 6) is 0.618. The summed E-state index contributed by atoms with van der Waals surface area (Å²) in [5.41, 5.74) is -0.749. The molecule has 0 aliphatic carbocycles. The zero-order valence-electron chi connectivity index (χ0n) is 8.58. The maximum atomic E-state index is 10.1. The summed E-state index contributed by atoms with van der Waals surface area (Å²) >= 11 is 0. The summed E-state index contributed by atoms with van der Waals surface area (Å²) in [7, 11) is 0. The van der Waals surface area contributed by atoms with Gasteiger partial charge in [0.05, 0.1) is 26.4 Å². The second-order valence-electron chi connectivity index (χ2n) is 4.26. The molecule has 3 nitrogen and oxygen atoms in total. The Labute approximate surface area is 80.0 Å². The summed E-state index contributed by atoms with van der Waals surface area (Å²) in [5, 5.41) is 10.1. The number of hydrogen-bond donors (Lipinski definition) is 1. The highest BCUT2D eigenvalue weighted by Crippen LogP contribution is 2.19. The molecule has 3 heteroatoms. The lowest BCUT2D eigenvalue weighted by Gasteiger charge is -2.25. The fourth-order valence-electron chi connectivity index (χ4n) is 1.39. The van der Waals surface area contributed by atoms with Gasteiger partial charge in [-0.15, -0.1) is 0 Å². The van der Waals surface area contributed by atoms with Gasteiger partial charge in [0.25, 0.3) is 0 Å². The van der Waals surface area contributed by atoms with Crippen molar-refractivity contribution in [2.45, 2.75) is 32.3 Å². The monoisotopic (exact) mass is 188 g/mol. The van der Waals surface area contributed by atoms with Gasteiger partial charge in [-0.05, 0) is 18.8 Å². The van der Waals surface area contributed by atoms with E-state index in [2.05, 4.69) is 13.8 Å². The Morgan fingerprint density at radius 1 is 1.23 bits per heavy atom. The van der Waals surface area contributed by atoms with Crippen LogP contribution < -0.4 is 0 Å². The standard InChI is InChI=1S/C10H20O3/c1-9(2)3-4-10(11)7-12-5-6-13-8-10/h9,11H,3-8H2,1-2H3. The van der Waals surface area contributed by atoms with Crippen molar-refractivity contribution >= 4 is 0 Å². The Balaban J connectivity index is 2.33. The molecule has 1 rings (SSSR count). The van der Waals surface area contributed by atoms with Crippen molar-refractivity contribution in [1.29, 1.82) is 0 Å². The minimum atomic E-state index is -0.749. The highest BCUT2D eigenvalue weighted by molar-refractivity contribution is 4.79. The van der Waals surface area contributed by atoms with E-state index in [4.69, 9.17) is 9.47 Å². The lowest BCUT2D eigenvalue weighted by molar-refractivity contribution is -0.0630. The van der Waals surface area contributed by atoms with E-state index < -0.39 is 5.60 Å². The van der Waals surface area contributed by atoms with Gasteiger partial charge < -0.3 is 14.6 Å². The second kappa shape index (κ2) is 4.94. The third-order valence-electron chi connectivity index (χ3n) is 2.30. The fourth-order valence-corrected chi connectivity index (χ4v) is 1.39. The molecule has 78 valence electrons. The molecule has 0 aromatic rings. The Kier molecular flexibility index (Phi) is 4.16. The van der Waals surface area contributed by atoms with Crippen LogP contribution in [0.2, 0.25) is 0 Å². The van der Waals surface area contributed by atoms with Crippen molar-refractivity contribution in [2.24, 2.45) is 5.92 Å². The molecular weight excluding hydrogens is 168 g/mol. The largest absolute Gasteiger partial charge is 0.385 e. The Bertz CT molecular complexity index is 137. The molecule has 1 fully saturated rings. The van der Waals surface area contributed by atoms with E-state index in [9.17, 15) is 5.11 Å². The van der Waals surface area contributed by atoms with Gasteiger partial charge in [-0.2, -0.15) is 0 Å². The van der Waals surface area contributed by atoms with Crippen molar-refractivity contribution in [2.75, 3.05) is 26.4 Å². The first-order chi connectivity index (χ1) is 6.12. The summed E-state index contributed by atoms with van der Waals surface area (Å²) in [6.07, 6.45) is 1.79. The number of hydrogen-bond acceptors (Lipinski definition) is 3. The molecule has 0 spiro atoms. The molecule has 13 heavy (non-hydrogen) atoms. The van der Waals surface area contributed by atoms with Crippen LogP contribution >= 0.6 is 0 Å². The number of rotatable bonds is 3. The van der Waals surface area contributed by atoms with Gasteiger partial charge in [0.2, 0.25) is 0 Å². The fraction of sp³-hybridized carbons (Fsp3) is 1.00. The van der Waals surface area contributed by atoms with Crippen LogP contribution in [-0.4, -0.2) is 37.1 Å². The molecule has 0 radical (unpaired) electrons. The van der Waals surface area contributed by atoms with E-state index in [1.54, 1.807) is 0 Å². The zero-order valence-corrected chi connectivity index (χ0v) is 8.58. The van der Waals surface area contributed by atoms with Gasteiger partial charge in [-0.25, -0.2) is 0 Å². The Morgan fingerprint density at radius 2 is 1.77 bits per heavy atom. The van der Waals surface area contributed by atoms with Crippen LogP contribution in [0.4, 0.5) is 0 Å². The molecule has 1 saturated heterocycles. The highest BCUT2D eigenvalue weighted by Gasteiger charge is 2.29. The van der Waals surface area contributed by atoms with Crippen LogP contribution in [0.25, 0.3) is 0 Å². The molecule has 1 N–H and O–H groups in total. The Morgan fingerprint density at radius 3 is 2.23 bits per heavy atom. The van der Waals surface area contributed by atoms with Gasteiger partial charge in [0, 0.05) is 0 Å². The SMILES string of the molecule is CC(C)CCC1(O)COCCOC1. The third kappa shape index (κ3) is 4.07. The van der Waals surface area contributed by atoms with Crippen molar-refractivity contribution in [3.8, 4) is 0 Å². The predicted octanol–water partition coefficient (Wildman–Crippen LogP) is 1.20. The maximum Gasteiger partial charge on any atom is 0.111 e. The van der Waals surface area contributed by atoms with Gasteiger partial charge in [-0.1, -0.05) is 13.8 Å². The van der Waals surface area contributed by atoms with E-state index in [-0.39, 0.29) is 0 Å². The molecule has 0 aromatic heterocycles. The summed E-state index contributed by atoms with van der Waals surface area (Å²) in [6, 6.07) is 0. The molecule has 0 unspecified atom stereocenters. The Hall–Kier alpha value is -0.120. The second-order valence-corrected chi connectivity index (χ2v) is 4.26. The van der Waals surface area contributed by atoms with Crippen molar-refractivity contribution in [3.63, 3.8) is 0 Å². The number of ether oxygens (including phenoxy) is 2. The topological polar surface area (TPSA) is 38.7 Å². The van der Waals surface area contributed by atoms with Crippen LogP contribution in [0.1, 0.15) is 26.7 Å². The predicted molar refractivity (Wildman–Crippen MR) is 50.7 cm³/mol. The summed E-state index contributed by atoms with van der Waals surface area (Å²) in [4.78, 5) is 0. The van der Waals surface area contributed by atoms with Gasteiger partial charge in [-0.3, -0.25) is 0 Å². The van der Waals surface area contributed by atoms with Crippen LogP contribution in [-0.2, 0) is 9.47 Å². The van der Waals surface area contributed by atoms with Crippen molar-refractivity contribution in [1.82, 2.24) is 0 Å². The van der Waals surface area contributed by atoms with Gasteiger partial charge in [0.1, 0.15) is 5.60 Å². The van der Waals surface area contributed by atoms with Crippen LogP contribution in [0.5, 0.6) is 0 Å². The van der Waals surface area contributed by atoms with Gasteiger partial charge >= 0.3 is 0 Å². The minimum absolute atomic E-state index is 0.416. The molecule has 0 atom stereocenters. The van der Waals surface area contributed by atoms with Crippen LogP contribution in [0, 0.1) is 5.92 Å². The average molecular weight is 188 g/mol. The zero-order chi connectivity index (χ0) is 9.73. The average Bonchev–Trinajstić information content (AvgIpc) is 2.28. The number of aliphatic hydroxyl groups is 1. The van der Waals surface area contributed by atoms with E-state index in [0.717, 1.165) is 12.8 Å². The molecule has 0 aromatic carbocycles. The quantitative estimate of drug-likeness (QED) is 0.723. The van der Waals surface area contributed by atoms with E-state index >= 15 is 0 Å². The molecule has 1 aliphatic rings. The van der Waals surface area contributed by atoms with E-state index in [1.807, 2.05) is 0 Å². The smallest absolute Gasteiger partial charge is 0.111 e. The van der Waals surface area contributed by atoms with Crippen LogP contribution in [0.15, 0.2) is 0 Å². The van der Waals surface area contributed by atoms with E-state index in [0.29, 0.717) is 32.3 Å². The molecule has 1 aliphatic heterocycles. The molecule has 0 saturated carbocycles. The van der Waals surface area contributed by atoms with Gasteiger partial charge in [0.15, 0.2) is 0 Å². The summed E-state index contributed by atoms with van der Waals surface area (Å²) in [6.45, 7) is 6.34. The lowest BCUT2D eigenvalue weighted by atomic mass is 9.95. The minimum Gasteiger partial charge on any atom is -0.385 e. The first-order valence-corrected chi connectivity index (χ1v) is 5.00. The first-order valence-electron chi connectivity index (χ1n) is 5.00. The molecule has 0 bridgehead atoms. The molecule has 1 heterocycles. The van der Waals surface area contributed by atoms with E-state index in [1.165, 1.54) is 0 Å². The first kappa shape index (κ1) is 11.0. The van der Waals surface area contributed by atoms with Crippen molar-refractivity contribution < 1.29 is 14.6 Å². The maximum absolute atomic E-state index is 10.1. The highest BCUT2D eigenvalue weighted by atomic mass is 16.6. The van der Waals surface area contributed by atoms with Crippen LogP contribution in [0.3, 0.4) is 0 Å². The normalized spacial score (nSPS) is 23.1.